The number of carbonyl (C=O) groups is 1. The van der Waals surface area contributed by atoms with Crippen LogP contribution in [0, 0.1) is 6.92 Å². The number of hydrogen-bond donors (Lipinski definition) is 2. The number of H-pyrrole nitrogens is 1. The number of hydrogen-bond acceptors (Lipinski definition) is 5. The Balaban J connectivity index is 1.46. The number of benzene rings is 2. The summed E-state index contributed by atoms with van der Waals surface area (Å²) < 4.78 is 1.82. The molecule has 1 aliphatic heterocycles. The second-order valence-corrected chi connectivity index (χ2v) is 9.78. The zero-order valence-electron chi connectivity index (χ0n) is 18.7. The van der Waals surface area contributed by atoms with E-state index in [1.807, 2.05) is 29.5 Å². The summed E-state index contributed by atoms with van der Waals surface area (Å²) in [6.45, 7) is 2.49. The Hall–Kier alpha value is -3.23. The van der Waals surface area contributed by atoms with Crippen molar-refractivity contribution < 1.29 is 9.90 Å². The molecule has 2 aliphatic rings. The molecule has 0 unspecified atom stereocenters. The van der Waals surface area contributed by atoms with Gasteiger partial charge in [0, 0.05) is 28.7 Å². The predicted octanol–water partition coefficient (Wildman–Crippen LogP) is 3.75. The molecule has 0 atom stereocenters. The fraction of sp³-hybridized carbons (Fsp3) is 0.360. The van der Waals surface area contributed by atoms with Crippen LogP contribution < -0.4 is 10.5 Å². The maximum Gasteiger partial charge on any atom is 0.294 e. The Bertz CT molecular complexity index is 1520. The van der Waals surface area contributed by atoms with E-state index in [0.29, 0.717) is 35.5 Å². The third-order valence-corrected chi connectivity index (χ3v) is 7.43. The minimum absolute atomic E-state index is 0.105. The highest BCUT2D eigenvalue weighted by Crippen LogP contribution is 2.34. The predicted molar refractivity (Wildman–Crippen MR) is 130 cm³/mol. The summed E-state index contributed by atoms with van der Waals surface area (Å²) in [7, 11) is 0. The first-order valence-corrected chi connectivity index (χ1v) is 12.0. The van der Waals surface area contributed by atoms with E-state index in [-0.39, 0.29) is 29.1 Å². The van der Waals surface area contributed by atoms with Gasteiger partial charge >= 0.3 is 0 Å². The van der Waals surface area contributed by atoms with Gasteiger partial charge in [0.1, 0.15) is 5.82 Å². The molecule has 0 spiro atoms. The summed E-state index contributed by atoms with van der Waals surface area (Å²) in [6.07, 6.45) is 3.49. The van der Waals surface area contributed by atoms with Crippen molar-refractivity contribution in [2.45, 2.75) is 51.0 Å². The third-order valence-electron chi connectivity index (χ3n) is 7.20. The van der Waals surface area contributed by atoms with Crippen molar-refractivity contribution in [3.8, 4) is 0 Å². The van der Waals surface area contributed by atoms with Crippen molar-refractivity contribution in [1.29, 1.82) is 0 Å². The highest BCUT2D eigenvalue weighted by molar-refractivity contribution is 6.30. The zero-order valence-corrected chi connectivity index (χ0v) is 19.5. The zero-order chi connectivity index (χ0) is 23.6. The first kappa shape index (κ1) is 21.3. The van der Waals surface area contributed by atoms with Gasteiger partial charge < -0.3 is 15.0 Å². The molecule has 34 heavy (non-hydrogen) atoms. The van der Waals surface area contributed by atoms with Gasteiger partial charge in [-0.2, -0.15) is 0 Å². The van der Waals surface area contributed by atoms with Crippen LogP contribution >= 0.6 is 11.6 Å². The number of aromatic amines is 1. The largest absolute Gasteiger partial charge is 0.393 e. The fourth-order valence-corrected chi connectivity index (χ4v) is 5.59. The molecule has 8 nitrogen and oxygen atoms in total. The molecule has 6 rings (SSSR count). The fourth-order valence-electron chi connectivity index (χ4n) is 5.39. The smallest absolute Gasteiger partial charge is 0.294 e. The normalized spacial score (nSPS) is 20.3. The first-order valence-electron chi connectivity index (χ1n) is 11.6. The molecule has 0 saturated heterocycles. The van der Waals surface area contributed by atoms with Gasteiger partial charge in [0.05, 0.1) is 17.1 Å². The molecule has 3 heterocycles. The number of amides is 1. The minimum Gasteiger partial charge on any atom is -0.393 e. The molecular formula is C25H24ClN5O3. The Kier molecular flexibility index (Phi) is 4.97. The second-order valence-electron chi connectivity index (χ2n) is 9.34. The topological polar surface area (TPSA) is 104 Å². The third kappa shape index (κ3) is 3.32. The van der Waals surface area contributed by atoms with E-state index in [1.54, 1.807) is 17.0 Å². The highest BCUT2D eigenvalue weighted by Gasteiger charge is 2.29. The van der Waals surface area contributed by atoms with Crippen LogP contribution in [0.15, 0.2) is 35.1 Å². The summed E-state index contributed by atoms with van der Waals surface area (Å²) in [6, 6.07) is 9.27. The molecule has 2 aromatic heterocycles. The molecule has 2 N–H and O–H groups in total. The number of nitrogens with one attached hydrogen (secondary N) is 1. The number of rotatable bonds is 2. The highest BCUT2D eigenvalue weighted by atomic mass is 35.5. The SMILES string of the molecule is Cc1cc2c(cc1C(=O)N1CCc3cc(Cl)ccc31)[nH]c(=O)c1nnc(C3CCC(O)CC3)n12. The molecule has 1 aliphatic carbocycles. The average molecular weight is 478 g/mol. The van der Waals surface area contributed by atoms with Crippen LogP contribution in [-0.2, 0) is 6.42 Å². The van der Waals surface area contributed by atoms with Gasteiger partial charge in [-0.3, -0.25) is 14.0 Å². The molecule has 1 saturated carbocycles. The quantitative estimate of drug-likeness (QED) is 0.457. The first-order chi connectivity index (χ1) is 16.4. The van der Waals surface area contributed by atoms with E-state index >= 15 is 0 Å². The minimum atomic E-state index is -0.342. The van der Waals surface area contributed by atoms with Crippen molar-refractivity contribution in [1.82, 2.24) is 19.6 Å². The molecule has 2 aromatic carbocycles. The van der Waals surface area contributed by atoms with Crippen LogP contribution in [0.2, 0.25) is 5.02 Å². The van der Waals surface area contributed by atoms with Crippen LogP contribution in [-0.4, -0.2) is 43.2 Å². The molecule has 4 aromatic rings. The van der Waals surface area contributed by atoms with E-state index in [0.717, 1.165) is 47.4 Å². The summed E-state index contributed by atoms with van der Waals surface area (Å²) in [5, 5.41) is 19.1. The van der Waals surface area contributed by atoms with Gasteiger partial charge in [0.2, 0.25) is 5.65 Å². The van der Waals surface area contributed by atoms with E-state index in [2.05, 4.69) is 15.2 Å². The van der Waals surface area contributed by atoms with Crippen LogP contribution in [0.25, 0.3) is 16.7 Å². The van der Waals surface area contributed by atoms with Crippen LogP contribution in [0.3, 0.4) is 0 Å². The lowest BCUT2D eigenvalue weighted by molar-refractivity contribution is 0.0989. The van der Waals surface area contributed by atoms with Gasteiger partial charge in [-0.25, -0.2) is 0 Å². The van der Waals surface area contributed by atoms with Crippen molar-refractivity contribution in [3.63, 3.8) is 0 Å². The Morgan fingerprint density at radius 2 is 1.94 bits per heavy atom. The molecule has 1 fully saturated rings. The number of aromatic nitrogens is 4. The maximum atomic E-state index is 13.5. The number of aliphatic hydroxyl groups excluding tert-OH is 1. The summed E-state index contributed by atoms with van der Waals surface area (Å²) in [4.78, 5) is 31.0. The number of anilines is 1. The van der Waals surface area contributed by atoms with Gasteiger partial charge in [-0.1, -0.05) is 11.6 Å². The van der Waals surface area contributed by atoms with Gasteiger partial charge in [0.15, 0.2) is 0 Å². The second kappa shape index (κ2) is 7.92. The lowest BCUT2D eigenvalue weighted by Gasteiger charge is -2.24. The summed E-state index contributed by atoms with van der Waals surface area (Å²) in [5.41, 5.74) is 4.53. The Morgan fingerprint density at radius 1 is 1.15 bits per heavy atom. The standard InChI is InChI=1S/C25H24ClN5O3/c1-13-10-21-19(12-18(13)25(34)30-9-8-15-11-16(26)4-7-20(15)30)27-24(33)23-29-28-22(31(21)23)14-2-5-17(32)6-3-14/h4,7,10-12,14,17,32H,2-3,5-6,8-9H2,1H3,(H,27,33). The van der Waals surface area contributed by atoms with Crippen LogP contribution in [0.1, 0.15) is 58.9 Å². The van der Waals surface area contributed by atoms with Crippen LogP contribution in [0.5, 0.6) is 0 Å². The van der Waals surface area contributed by atoms with Crippen LogP contribution in [0.4, 0.5) is 5.69 Å². The molecule has 174 valence electrons. The van der Waals surface area contributed by atoms with E-state index in [1.165, 1.54) is 0 Å². The number of nitrogens with zero attached hydrogens (tertiary/aromatic N) is 4. The molecule has 0 radical (unpaired) electrons. The molecular weight excluding hydrogens is 454 g/mol. The summed E-state index contributed by atoms with van der Waals surface area (Å²) in [5.74, 6) is 0.756. The molecule has 0 bridgehead atoms. The Morgan fingerprint density at radius 3 is 2.74 bits per heavy atom. The van der Waals surface area contributed by atoms with Crippen molar-refractivity contribution in [2.24, 2.45) is 0 Å². The number of aliphatic hydroxyl groups is 1. The molecule has 1 amide bonds. The number of carbonyl (C=O) groups excluding carboxylic acids is 1. The van der Waals surface area contributed by atoms with E-state index in [4.69, 9.17) is 11.6 Å². The Labute approximate surface area is 200 Å². The monoisotopic (exact) mass is 477 g/mol. The lowest BCUT2D eigenvalue weighted by atomic mass is 9.87. The molecule has 9 heteroatoms. The van der Waals surface area contributed by atoms with Gasteiger partial charge in [0.25, 0.3) is 11.5 Å². The lowest BCUT2D eigenvalue weighted by Crippen LogP contribution is -2.29. The van der Waals surface area contributed by atoms with E-state index in [9.17, 15) is 14.7 Å². The average Bonchev–Trinajstić information content (AvgIpc) is 3.44. The maximum absolute atomic E-state index is 13.5. The van der Waals surface area contributed by atoms with E-state index < -0.39 is 0 Å². The number of fused-ring (bicyclic) bond motifs is 4. The van der Waals surface area contributed by atoms with Crippen molar-refractivity contribution in [3.05, 3.63) is 68.2 Å². The van der Waals surface area contributed by atoms with Crippen molar-refractivity contribution >= 4 is 39.9 Å². The summed E-state index contributed by atoms with van der Waals surface area (Å²) >= 11 is 6.13. The van der Waals surface area contributed by atoms with Gasteiger partial charge in [-0.15, -0.1) is 10.2 Å². The number of aryl methyl sites for hydroxylation is 1. The van der Waals surface area contributed by atoms with Crippen molar-refractivity contribution in [2.75, 3.05) is 11.4 Å². The van der Waals surface area contributed by atoms with Gasteiger partial charge in [-0.05, 0) is 80.5 Å². The number of halogens is 1.